The van der Waals surface area contributed by atoms with E-state index >= 15 is 0 Å². The minimum absolute atomic E-state index is 0. The van der Waals surface area contributed by atoms with Gasteiger partial charge in [-0.25, -0.2) is 17.7 Å². The molecule has 7 nitrogen and oxygen atoms in total. The molecule has 0 aliphatic rings. The van der Waals surface area contributed by atoms with Gasteiger partial charge in [0, 0.05) is 26.2 Å². The summed E-state index contributed by atoms with van der Waals surface area (Å²) in [6.07, 6.45) is 0.792. The number of fused-ring (bicyclic) bond motifs is 1. The number of aryl methyl sites for hydroxylation is 1. The summed E-state index contributed by atoms with van der Waals surface area (Å²) in [7, 11) is 3.41. The van der Waals surface area contributed by atoms with Crippen LogP contribution < -0.4 is 17.3 Å². The first-order valence-electron chi connectivity index (χ1n) is 9.96. The second kappa shape index (κ2) is 10.7. The van der Waals surface area contributed by atoms with E-state index in [1.165, 1.54) is 37.6 Å². The van der Waals surface area contributed by atoms with E-state index < -0.39 is 10.0 Å². The fraction of sp³-hybridized carbons (Fsp3) is 0.364. The molecule has 1 aromatic heterocycles. The van der Waals surface area contributed by atoms with Crippen LogP contribution in [-0.2, 0) is 10.0 Å². The van der Waals surface area contributed by atoms with Gasteiger partial charge < -0.3 is 17.3 Å². The number of hydrogen-bond donors (Lipinski definition) is 0. The molecule has 1 heterocycles. The Labute approximate surface area is 200 Å². The second-order valence-electron chi connectivity index (χ2n) is 7.89. The highest BCUT2D eigenvalue weighted by atomic mass is 35.5. The highest BCUT2D eigenvalue weighted by molar-refractivity contribution is 7.89. The van der Waals surface area contributed by atoms with E-state index in [4.69, 9.17) is 0 Å². The van der Waals surface area contributed by atoms with Crippen molar-refractivity contribution in [3.63, 3.8) is 0 Å². The molecule has 0 radical (unpaired) electrons. The molecule has 0 saturated heterocycles. The van der Waals surface area contributed by atoms with Crippen molar-refractivity contribution >= 4 is 42.6 Å². The Bertz CT molecular complexity index is 1180. The number of nitrogens with zero attached hydrogens (tertiary/aromatic N) is 4. The second-order valence-corrected chi connectivity index (χ2v) is 11.1. The van der Waals surface area contributed by atoms with Crippen molar-refractivity contribution in [2.45, 2.75) is 18.2 Å². The van der Waals surface area contributed by atoms with E-state index in [9.17, 15) is 13.2 Å². The van der Waals surface area contributed by atoms with Crippen LogP contribution in [0.1, 0.15) is 22.3 Å². The van der Waals surface area contributed by atoms with Crippen LogP contribution in [-0.4, -0.2) is 69.8 Å². The molecule has 0 saturated carbocycles. The number of amides is 1. The number of benzene rings is 2. The van der Waals surface area contributed by atoms with Crippen LogP contribution in [0.3, 0.4) is 0 Å². The van der Waals surface area contributed by atoms with Crippen molar-refractivity contribution in [3.05, 3.63) is 53.6 Å². The Morgan fingerprint density at radius 2 is 1.66 bits per heavy atom. The SMILES string of the molecule is Cc1ccc2nc(N(CCCN(C)C)C(=O)c3ccc(S(=O)(=O)N(C)C)cc3)sc2c1.[Cl-]. The van der Waals surface area contributed by atoms with Crippen molar-refractivity contribution in [3.8, 4) is 0 Å². The van der Waals surface area contributed by atoms with Gasteiger partial charge in [-0.2, -0.15) is 0 Å². The number of carbonyl (C=O) groups is 1. The van der Waals surface area contributed by atoms with E-state index in [-0.39, 0.29) is 23.2 Å². The third kappa shape index (κ3) is 5.85. The van der Waals surface area contributed by atoms with Crippen molar-refractivity contribution in [1.29, 1.82) is 0 Å². The Morgan fingerprint density at radius 1 is 1.00 bits per heavy atom. The van der Waals surface area contributed by atoms with Gasteiger partial charge >= 0.3 is 0 Å². The van der Waals surface area contributed by atoms with Crippen molar-refractivity contribution < 1.29 is 25.6 Å². The maximum atomic E-state index is 13.4. The third-order valence-corrected chi connectivity index (χ3v) is 7.75. The molecule has 0 spiro atoms. The van der Waals surface area contributed by atoms with E-state index in [2.05, 4.69) is 16.0 Å². The minimum atomic E-state index is -3.54. The zero-order chi connectivity index (χ0) is 22.8. The molecule has 0 N–H and O–H groups in total. The molecule has 174 valence electrons. The Balaban J connectivity index is 0.00000363. The number of sulfonamides is 1. The number of aromatic nitrogens is 1. The van der Waals surface area contributed by atoms with Crippen molar-refractivity contribution in [1.82, 2.24) is 14.2 Å². The van der Waals surface area contributed by atoms with Gasteiger partial charge in [0.25, 0.3) is 5.91 Å². The predicted octanol–water partition coefficient (Wildman–Crippen LogP) is 0.458. The van der Waals surface area contributed by atoms with Crippen LogP contribution in [0, 0.1) is 6.92 Å². The quantitative estimate of drug-likeness (QED) is 0.454. The zero-order valence-corrected chi connectivity index (χ0v) is 21.3. The highest BCUT2D eigenvalue weighted by Gasteiger charge is 2.23. The smallest absolute Gasteiger partial charge is 0.260 e. The summed E-state index contributed by atoms with van der Waals surface area (Å²) >= 11 is 1.49. The molecule has 32 heavy (non-hydrogen) atoms. The summed E-state index contributed by atoms with van der Waals surface area (Å²) in [6, 6.07) is 12.1. The Morgan fingerprint density at radius 3 is 2.25 bits per heavy atom. The first-order valence-corrected chi connectivity index (χ1v) is 12.2. The molecule has 0 aliphatic heterocycles. The topological polar surface area (TPSA) is 73.8 Å². The van der Waals surface area contributed by atoms with Crippen LogP contribution in [0.4, 0.5) is 5.13 Å². The Kier molecular flexibility index (Phi) is 8.78. The fourth-order valence-corrected chi connectivity index (χ4v) is 5.09. The maximum absolute atomic E-state index is 13.4. The van der Waals surface area contributed by atoms with Crippen LogP contribution in [0.15, 0.2) is 47.4 Å². The summed E-state index contributed by atoms with van der Waals surface area (Å²) in [5, 5.41) is 0.648. The van der Waals surface area contributed by atoms with Crippen LogP contribution in [0.2, 0.25) is 0 Å². The fourth-order valence-electron chi connectivity index (χ4n) is 3.10. The average Bonchev–Trinajstić information content (AvgIpc) is 3.13. The summed E-state index contributed by atoms with van der Waals surface area (Å²) in [4.78, 5) is 22.0. The van der Waals surface area contributed by atoms with E-state index in [1.54, 1.807) is 17.0 Å². The molecule has 0 atom stereocenters. The summed E-state index contributed by atoms with van der Waals surface area (Å²) in [6.45, 7) is 3.39. The molecule has 1 amide bonds. The molecular formula is C22H28ClN4O3S2-. The largest absolute Gasteiger partial charge is 1.00 e. The summed E-state index contributed by atoms with van der Waals surface area (Å²) in [5.74, 6) is -0.191. The lowest BCUT2D eigenvalue weighted by Crippen LogP contribution is -3.00. The van der Waals surface area contributed by atoms with Gasteiger partial charge in [-0.1, -0.05) is 17.4 Å². The number of halogens is 1. The highest BCUT2D eigenvalue weighted by Crippen LogP contribution is 2.30. The molecule has 0 aliphatic carbocycles. The first kappa shape index (κ1) is 26.2. The van der Waals surface area contributed by atoms with Crippen molar-refractivity contribution in [2.75, 3.05) is 46.2 Å². The van der Waals surface area contributed by atoms with Gasteiger partial charge in [0.05, 0.1) is 15.1 Å². The van der Waals surface area contributed by atoms with Crippen molar-refractivity contribution in [2.24, 2.45) is 0 Å². The minimum Gasteiger partial charge on any atom is -1.00 e. The lowest BCUT2D eigenvalue weighted by molar-refractivity contribution is -0.0000165. The van der Waals surface area contributed by atoms with Crippen LogP contribution >= 0.6 is 11.3 Å². The van der Waals surface area contributed by atoms with Gasteiger partial charge in [-0.15, -0.1) is 0 Å². The number of rotatable bonds is 8. The zero-order valence-electron chi connectivity index (χ0n) is 18.9. The summed E-state index contributed by atoms with van der Waals surface area (Å²) in [5.41, 5.74) is 2.44. The number of anilines is 1. The lowest BCUT2D eigenvalue weighted by atomic mass is 10.2. The number of hydrogen-bond acceptors (Lipinski definition) is 6. The normalized spacial score (nSPS) is 11.7. The van der Waals surface area contributed by atoms with Crippen LogP contribution in [0.5, 0.6) is 0 Å². The molecule has 0 bridgehead atoms. The molecule has 3 rings (SSSR count). The standard InChI is InChI=1S/C22H28N4O3S2.ClH/c1-16-7-12-19-20(15-16)30-22(23-19)26(14-6-13-24(2)3)21(27)17-8-10-18(11-9-17)31(28,29)25(4)5;/h7-12,15H,6,13-14H2,1-5H3;1H/p-1. The maximum Gasteiger partial charge on any atom is 0.260 e. The Hall–Kier alpha value is -2.04. The van der Waals surface area contributed by atoms with E-state index in [0.29, 0.717) is 17.2 Å². The molecule has 3 aromatic rings. The van der Waals surface area contributed by atoms with Gasteiger partial charge in [0.15, 0.2) is 5.13 Å². The monoisotopic (exact) mass is 495 g/mol. The van der Waals surface area contributed by atoms with Crippen LogP contribution in [0.25, 0.3) is 10.2 Å². The third-order valence-electron chi connectivity index (χ3n) is 4.88. The molecule has 0 unspecified atom stereocenters. The van der Waals surface area contributed by atoms with E-state index in [0.717, 1.165) is 33.1 Å². The van der Waals surface area contributed by atoms with Gasteiger partial charge in [-0.3, -0.25) is 9.69 Å². The lowest BCUT2D eigenvalue weighted by Gasteiger charge is -2.21. The summed E-state index contributed by atoms with van der Waals surface area (Å²) < 4.78 is 26.8. The molecule has 10 heteroatoms. The average molecular weight is 496 g/mol. The van der Waals surface area contributed by atoms with E-state index in [1.807, 2.05) is 33.2 Å². The van der Waals surface area contributed by atoms with Gasteiger partial charge in [0.1, 0.15) is 0 Å². The number of carbonyl (C=O) groups excluding carboxylic acids is 1. The predicted molar refractivity (Wildman–Crippen MR) is 127 cm³/mol. The number of thiazole rings is 1. The molecule has 0 fully saturated rings. The first-order chi connectivity index (χ1) is 14.6. The molecular weight excluding hydrogens is 468 g/mol. The molecule has 2 aromatic carbocycles. The van der Waals surface area contributed by atoms with Gasteiger partial charge in [-0.05, 0) is 75.9 Å². The van der Waals surface area contributed by atoms with Gasteiger partial charge in [0.2, 0.25) is 10.0 Å².